The standard InChI is InChI=1S/C22H25F2N3O4/c1-31-21-18-12(20(28)13(22(29)30)9-27(18)16-7-14(16)23)6-15(24)19(21)26-5-4-11(8-26)17(25)10-2-3-10/h6,9-11,14,16-17H,2-5,7-8,25H2,1H3,(H,29,30)/t11-,14+,16-,17+/m1/s1. The van der Waals surface area contributed by atoms with Gasteiger partial charge in [0, 0.05) is 31.7 Å². The number of methoxy groups -OCH3 is 1. The van der Waals surface area contributed by atoms with Crippen LogP contribution in [0.4, 0.5) is 14.5 Å². The van der Waals surface area contributed by atoms with E-state index in [0.29, 0.717) is 19.0 Å². The summed E-state index contributed by atoms with van der Waals surface area (Å²) in [4.78, 5) is 26.2. The Kier molecular flexibility index (Phi) is 4.69. The minimum Gasteiger partial charge on any atom is -0.492 e. The molecule has 1 aromatic carbocycles. The molecule has 1 aromatic heterocycles. The van der Waals surface area contributed by atoms with Crippen molar-refractivity contribution in [1.82, 2.24) is 4.57 Å². The maximum absolute atomic E-state index is 15.3. The average molecular weight is 433 g/mol. The third kappa shape index (κ3) is 3.26. The maximum atomic E-state index is 15.3. The van der Waals surface area contributed by atoms with Gasteiger partial charge in [-0.3, -0.25) is 4.79 Å². The molecule has 3 N–H and O–H groups in total. The van der Waals surface area contributed by atoms with E-state index in [4.69, 9.17) is 10.5 Å². The number of hydrogen-bond donors (Lipinski definition) is 2. The minimum atomic E-state index is -1.43. The van der Waals surface area contributed by atoms with Crippen LogP contribution in [0.15, 0.2) is 17.1 Å². The molecule has 1 saturated heterocycles. The van der Waals surface area contributed by atoms with Gasteiger partial charge in [0.05, 0.1) is 24.1 Å². The van der Waals surface area contributed by atoms with E-state index < -0.39 is 35.0 Å². The molecule has 166 valence electrons. The molecule has 9 heteroatoms. The van der Waals surface area contributed by atoms with E-state index in [0.717, 1.165) is 31.5 Å². The van der Waals surface area contributed by atoms with Crippen LogP contribution in [0.1, 0.15) is 42.1 Å². The van der Waals surface area contributed by atoms with Crippen molar-refractivity contribution < 1.29 is 23.4 Å². The lowest BCUT2D eigenvalue weighted by Crippen LogP contribution is -2.34. The van der Waals surface area contributed by atoms with Crippen molar-refractivity contribution >= 4 is 22.6 Å². The number of alkyl halides is 1. The van der Waals surface area contributed by atoms with Crippen LogP contribution in [-0.2, 0) is 0 Å². The highest BCUT2D eigenvalue weighted by atomic mass is 19.1. The summed E-state index contributed by atoms with van der Waals surface area (Å²) in [5.41, 5.74) is 5.50. The monoisotopic (exact) mass is 433 g/mol. The molecule has 0 radical (unpaired) electrons. The van der Waals surface area contributed by atoms with Gasteiger partial charge >= 0.3 is 5.97 Å². The molecular formula is C22H25F2N3O4. The lowest BCUT2D eigenvalue weighted by Gasteiger charge is -2.25. The molecule has 0 unspecified atom stereocenters. The van der Waals surface area contributed by atoms with E-state index in [-0.39, 0.29) is 40.7 Å². The zero-order valence-electron chi connectivity index (χ0n) is 17.2. The number of aromatic nitrogens is 1. The Morgan fingerprint density at radius 1 is 1.32 bits per heavy atom. The summed E-state index contributed by atoms with van der Waals surface area (Å²) < 4.78 is 36.3. The van der Waals surface area contributed by atoms with Crippen LogP contribution >= 0.6 is 0 Å². The number of carbonyl (C=O) groups is 1. The highest BCUT2D eigenvalue weighted by Crippen LogP contribution is 2.46. The Morgan fingerprint density at radius 3 is 2.61 bits per heavy atom. The first kappa shape index (κ1) is 20.2. The Labute approximate surface area is 177 Å². The summed E-state index contributed by atoms with van der Waals surface area (Å²) in [6.45, 7) is 1.17. The SMILES string of the molecule is COc1c(N2CC[C@@H]([C@@H](N)C3CC3)C2)c(F)cc2c(=O)c(C(=O)O)cn([C@@H]3C[C@@H]3F)c12. The van der Waals surface area contributed by atoms with Crippen LogP contribution in [0.3, 0.4) is 0 Å². The van der Waals surface area contributed by atoms with Crippen LogP contribution < -0.4 is 20.8 Å². The number of benzene rings is 1. The number of nitrogens with zero attached hydrogens (tertiary/aromatic N) is 2. The van der Waals surface area contributed by atoms with Gasteiger partial charge in [0.2, 0.25) is 5.43 Å². The summed E-state index contributed by atoms with van der Waals surface area (Å²) in [6.07, 6.45) is 3.30. The van der Waals surface area contributed by atoms with E-state index in [1.54, 1.807) is 0 Å². The van der Waals surface area contributed by atoms with Crippen LogP contribution in [0.2, 0.25) is 0 Å². The summed E-state index contributed by atoms with van der Waals surface area (Å²) >= 11 is 0. The fraction of sp³-hybridized carbons (Fsp3) is 0.545. The van der Waals surface area contributed by atoms with Gasteiger partial charge in [0.15, 0.2) is 11.6 Å². The summed E-state index contributed by atoms with van der Waals surface area (Å²) in [7, 11) is 1.38. The van der Waals surface area contributed by atoms with Gasteiger partial charge in [-0.15, -0.1) is 0 Å². The molecule has 3 fully saturated rings. The summed E-state index contributed by atoms with van der Waals surface area (Å²) in [5.74, 6) is -1.20. The molecule has 0 amide bonds. The van der Waals surface area contributed by atoms with Crippen molar-refractivity contribution in [3.8, 4) is 5.75 Å². The quantitative estimate of drug-likeness (QED) is 0.727. The van der Waals surface area contributed by atoms with Gasteiger partial charge in [0.1, 0.15) is 17.4 Å². The predicted octanol–water partition coefficient (Wildman–Crippen LogP) is 2.69. The van der Waals surface area contributed by atoms with Crippen molar-refractivity contribution in [2.45, 2.75) is 43.9 Å². The molecule has 5 rings (SSSR count). The van der Waals surface area contributed by atoms with Gasteiger partial charge in [-0.2, -0.15) is 0 Å². The number of aromatic carboxylic acids is 1. The third-order valence-electron chi connectivity index (χ3n) is 6.92. The van der Waals surface area contributed by atoms with E-state index in [1.807, 2.05) is 4.90 Å². The molecule has 4 atom stereocenters. The Bertz CT molecular complexity index is 1130. The number of nitrogens with two attached hydrogens (primary N) is 1. The number of anilines is 1. The molecule has 3 aliphatic rings. The molecular weight excluding hydrogens is 408 g/mol. The molecule has 2 heterocycles. The first-order valence-corrected chi connectivity index (χ1v) is 10.6. The molecule has 0 bridgehead atoms. The number of hydrogen-bond acceptors (Lipinski definition) is 5. The smallest absolute Gasteiger partial charge is 0.341 e. The normalized spacial score (nSPS) is 26.3. The van der Waals surface area contributed by atoms with Crippen LogP contribution in [0.5, 0.6) is 5.75 Å². The van der Waals surface area contributed by atoms with Crippen LogP contribution in [0.25, 0.3) is 10.9 Å². The molecule has 0 spiro atoms. The highest BCUT2D eigenvalue weighted by Gasteiger charge is 2.42. The second-order valence-electron chi connectivity index (χ2n) is 8.95. The summed E-state index contributed by atoms with van der Waals surface area (Å²) in [5, 5.41) is 9.30. The van der Waals surface area contributed by atoms with Gasteiger partial charge in [0.25, 0.3) is 0 Å². The highest BCUT2D eigenvalue weighted by molar-refractivity contribution is 5.97. The number of halogens is 2. The first-order chi connectivity index (χ1) is 14.8. The number of pyridine rings is 1. The number of ether oxygens (including phenoxy) is 1. The second kappa shape index (κ2) is 7.19. The predicted molar refractivity (Wildman–Crippen MR) is 111 cm³/mol. The lowest BCUT2D eigenvalue weighted by molar-refractivity contribution is 0.0694. The fourth-order valence-corrected chi connectivity index (χ4v) is 4.96. The van der Waals surface area contributed by atoms with Crippen molar-refractivity contribution in [1.29, 1.82) is 0 Å². The molecule has 2 aliphatic carbocycles. The number of carboxylic acid groups (broad SMARTS) is 1. The van der Waals surface area contributed by atoms with Gasteiger partial charge in [-0.05, 0) is 37.2 Å². The van der Waals surface area contributed by atoms with Crippen molar-refractivity contribution in [3.63, 3.8) is 0 Å². The zero-order valence-corrected chi connectivity index (χ0v) is 17.2. The molecule has 2 saturated carbocycles. The number of carboxylic acids is 1. The summed E-state index contributed by atoms with van der Waals surface area (Å²) in [6, 6.07) is 0.528. The van der Waals surface area contributed by atoms with Crippen molar-refractivity contribution in [2.24, 2.45) is 17.6 Å². The Hall–Kier alpha value is -2.68. The third-order valence-corrected chi connectivity index (χ3v) is 6.92. The number of fused-ring (bicyclic) bond motifs is 1. The van der Waals surface area contributed by atoms with Crippen molar-refractivity contribution in [2.75, 3.05) is 25.1 Å². The molecule has 31 heavy (non-hydrogen) atoms. The topological polar surface area (TPSA) is 97.8 Å². The largest absolute Gasteiger partial charge is 0.492 e. The van der Waals surface area contributed by atoms with E-state index in [9.17, 15) is 19.1 Å². The second-order valence-corrected chi connectivity index (χ2v) is 8.95. The minimum absolute atomic E-state index is 0.0783. The molecule has 2 aromatic rings. The average Bonchev–Trinajstić information content (AvgIpc) is 3.65. The Morgan fingerprint density at radius 2 is 2.03 bits per heavy atom. The molecule has 1 aliphatic heterocycles. The van der Waals surface area contributed by atoms with Gasteiger partial charge in [-0.1, -0.05) is 0 Å². The lowest BCUT2D eigenvalue weighted by atomic mass is 9.96. The van der Waals surface area contributed by atoms with Gasteiger partial charge < -0.3 is 25.0 Å². The number of rotatable bonds is 6. The van der Waals surface area contributed by atoms with E-state index in [2.05, 4.69) is 0 Å². The van der Waals surface area contributed by atoms with E-state index >= 15 is 4.39 Å². The fourth-order valence-electron chi connectivity index (χ4n) is 4.96. The van der Waals surface area contributed by atoms with Crippen LogP contribution in [0, 0.1) is 17.7 Å². The first-order valence-electron chi connectivity index (χ1n) is 10.6. The Balaban J connectivity index is 1.66. The zero-order chi connectivity index (χ0) is 22.0. The van der Waals surface area contributed by atoms with E-state index in [1.165, 1.54) is 11.7 Å². The van der Waals surface area contributed by atoms with Gasteiger partial charge in [-0.25, -0.2) is 13.6 Å². The maximum Gasteiger partial charge on any atom is 0.341 e. The van der Waals surface area contributed by atoms with Crippen LogP contribution in [-0.4, -0.2) is 48.1 Å². The van der Waals surface area contributed by atoms with Crippen molar-refractivity contribution in [3.05, 3.63) is 33.9 Å². The molecule has 7 nitrogen and oxygen atoms in total.